The van der Waals surface area contributed by atoms with Gasteiger partial charge in [-0.1, -0.05) is 6.92 Å². The van der Waals surface area contributed by atoms with Gasteiger partial charge >= 0.3 is 6.18 Å². The molecule has 1 heterocycles. The van der Waals surface area contributed by atoms with Gasteiger partial charge in [0.15, 0.2) is 0 Å². The van der Waals surface area contributed by atoms with Gasteiger partial charge in [0.2, 0.25) is 10.0 Å². The van der Waals surface area contributed by atoms with E-state index in [9.17, 15) is 26.0 Å². The van der Waals surface area contributed by atoms with E-state index < -0.39 is 32.5 Å². The fourth-order valence-corrected chi connectivity index (χ4v) is 3.67. The molecule has 1 aliphatic heterocycles. The van der Waals surface area contributed by atoms with Crippen molar-refractivity contribution in [3.63, 3.8) is 0 Å². The number of nitrogens with one attached hydrogen (secondary N) is 2. The van der Waals surface area contributed by atoms with Gasteiger partial charge in [-0.25, -0.2) is 17.5 Å². The third-order valence-electron chi connectivity index (χ3n) is 4.05. The Balaban J connectivity index is 0.00000288. The summed E-state index contributed by atoms with van der Waals surface area (Å²) in [6.07, 6.45) is -3.43. The first-order valence-electron chi connectivity index (χ1n) is 7.11. The first-order chi connectivity index (χ1) is 10.5. The summed E-state index contributed by atoms with van der Waals surface area (Å²) in [6.45, 7) is 3.55. The minimum Gasteiger partial charge on any atom is -0.317 e. The van der Waals surface area contributed by atoms with Crippen molar-refractivity contribution >= 4 is 22.4 Å². The van der Waals surface area contributed by atoms with Gasteiger partial charge in [0, 0.05) is 6.54 Å². The van der Waals surface area contributed by atoms with E-state index in [1.807, 2.05) is 6.92 Å². The van der Waals surface area contributed by atoms with Crippen molar-refractivity contribution in [1.29, 1.82) is 0 Å². The number of hydrogen-bond donors (Lipinski definition) is 2. The van der Waals surface area contributed by atoms with Crippen LogP contribution in [-0.4, -0.2) is 28.1 Å². The normalized spacial score (nSPS) is 18.0. The lowest BCUT2D eigenvalue weighted by atomic mass is 9.81. The highest BCUT2D eigenvalue weighted by molar-refractivity contribution is 7.89. The third kappa shape index (κ3) is 5.05. The van der Waals surface area contributed by atoms with Crippen LogP contribution in [-0.2, 0) is 16.2 Å². The molecule has 24 heavy (non-hydrogen) atoms. The fraction of sp³-hybridized carbons (Fsp3) is 0.571. The number of benzene rings is 1. The lowest BCUT2D eigenvalue weighted by molar-refractivity contribution is -0.140. The van der Waals surface area contributed by atoms with E-state index in [0.717, 1.165) is 32.0 Å². The molecule has 0 bridgehead atoms. The highest BCUT2D eigenvalue weighted by Crippen LogP contribution is 2.33. The van der Waals surface area contributed by atoms with Gasteiger partial charge in [-0.3, -0.25) is 0 Å². The molecule has 1 aromatic carbocycles. The standard InChI is InChI=1S/C14H18F4N2O2S.ClH/c1-13(4-6-19-7-5-13)9-20-23(21,22)10-2-3-12(15)11(8-10)14(16,17)18;/h2-3,8,19-20H,4-7,9H2,1H3;1H. The Labute approximate surface area is 144 Å². The molecule has 1 saturated heterocycles. The molecule has 0 aromatic heterocycles. The highest BCUT2D eigenvalue weighted by Gasteiger charge is 2.36. The summed E-state index contributed by atoms with van der Waals surface area (Å²) >= 11 is 0. The van der Waals surface area contributed by atoms with Crippen molar-refractivity contribution in [2.24, 2.45) is 5.41 Å². The molecule has 0 unspecified atom stereocenters. The second-order valence-corrected chi connectivity index (χ2v) is 7.79. The SMILES string of the molecule is CC1(CNS(=O)(=O)c2ccc(F)c(C(F)(F)F)c2)CCNCC1.Cl. The van der Waals surface area contributed by atoms with Crippen LogP contribution in [0.3, 0.4) is 0 Å². The number of piperidine rings is 1. The molecule has 10 heteroatoms. The quantitative estimate of drug-likeness (QED) is 0.777. The number of sulfonamides is 1. The number of alkyl halides is 3. The van der Waals surface area contributed by atoms with Crippen molar-refractivity contribution in [3.8, 4) is 0 Å². The molecule has 0 radical (unpaired) electrons. The fourth-order valence-electron chi connectivity index (χ4n) is 2.45. The van der Waals surface area contributed by atoms with Gasteiger partial charge in [-0.15, -0.1) is 12.4 Å². The summed E-state index contributed by atoms with van der Waals surface area (Å²) < 4.78 is 78.0. The van der Waals surface area contributed by atoms with Crippen molar-refractivity contribution < 1.29 is 26.0 Å². The zero-order chi connectivity index (χ0) is 17.3. The molecular weight excluding hydrogens is 372 g/mol. The number of rotatable bonds is 4. The van der Waals surface area contributed by atoms with Crippen molar-refractivity contribution in [1.82, 2.24) is 10.0 Å². The molecule has 2 rings (SSSR count). The van der Waals surface area contributed by atoms with Crippen molar-refractivity contribution in [2.45, 2.75) is 30.8 Å². The minimum absolute atomic E-state index is 0. The maximum Gasteiger partial charge on any atom is 0.419 e. The molecule has 0 spiro atoms. The second-order valence-electron chi connectivity index (χ2n) is 6.02. The lowest BCUT2D eigenvalue weighted by Crippen LogP contribution is -2.42. The molecule has 1 aliphatic rings. The van der Waals surface area contributed by atoms with Crippen LogP contribution in [0.4, 0.5) is 17.6 Å². The molecule has 1 fully saturated rings. The van der Waals surface area contributed by atoms with Gasteiger partial charge in [0.25, 0.3) is 0 Å². The van der Waals surface area contributed by atoms with Crippen LogP contribution in [0.25, 0.3) is 0 Å². The van der Waals surface area contributed by atoms with Crippen molar-refractivity contribution in [3.05, 3.63) is 29.6 Å². The summed E-state index contributed by atoms with van der Waals surface area (Å²) in [5.74, 6) is -1.50. The monoisotopic (exact) mass is 390 g/mol. The lowest BCUT2D eigenvalue weighted by Gasteiger charge is -2.34. The Bertz CT molecular complexity index is 674. The predicted molar refractivity (Wildman–Crippen MR) is 84.0 cm³/mol. The van der Waals surface area contributed by atoms with Crippen LogP contribution in [0.2, 0.25) is 0 Å². The molecular formula is C14H19ClF4N2O2S. The van der Waals surface area contributed by atoms with Crippen LogP contribution in [0, 0.1) is 11.2 Å². The maximum atomic E-state index is 13.2. The Morgan fingerprint density at radius 2 is 1.83 bits per heavy atom. The summed E-state index contributed by atoms with van der Waals surface area (Å²) in [4.78, 5) is -0.594. The molecule has 0 saturated carbocycles. The molecule has 0 aliphatic carbocycles. The van der Waals surface area contributed by atoms with E-state index >= 15 is 0 Å². The Hall–Kier alpha value is -0.900. The zero-order valence-electron chi connectivity index (χ0n) is 12.9. The molecule has 4 nitrogen and oxygen atoms in total. The van der Waals surface area contributed by atoms with Crippen LogP contribution >= 0.6 is 12.4 Å². The second kappa shape index (κ2) is 7.55. The molecule has 0 amide bonds. The van der Waals surface area contributed by atoms with Gasteiger partial charge in [-0.05, 0) is 49.5 Å². The average Bonchev–Trinajstić information content (AvgIpc) is 2.45. The molecule has 138 valence electrons. The predicted octanol–water partition coefficient (Wildman–Crippen LogP) is 2.93. The largest absolute Gasteiger partial charge is 0.419 e. The van der Waals surface area contributed by atoms with E-state index in [2.05, 4.69) is 10.0 Å². The van der Waals surface area contributed by atoms with Crippen molar-refractivity contribution in [2.75, 3.05) is 19.6 Å². The van der Waals surface area contributed by atoms with Gasteiger partial charge in [0.05, 0.1) is 10.5 Å². The van der Waals surface area contributed by atoms with E-state index in [-0.39, 0.29) is 24.4 Å². The van der Waals surface area contributed by atoms with Gasteiger partial charge < -0.3 is 5.32 Å². The average molecular weight is 391 g/mol. The smallest absolute Gasteiger partial charge is 0.317 e. The summed E-state index contributed by atoms with van der Waals surface area (Å²) in [5.41, 5.74) is -1.85. The van der Waals surface area contributed by atoms with Gasteiger partial charge in [0.1, 0.15) is 5.82 Å². The topological polar surface area (TPSA) is 58.2 Å². The maximum absolute atomic E-state index is 13.2. The van der Waals surface area contributed by atoms with Crippen LogP contribution in [0.15, 0.2) is 23.1 Å². The highest BCUT2D eigenvalue weighted by atomic mass is 35.5. The summed E-state index contributed by atoms with van der Waals surface area (Å²) in [5, 5.41) is 3.16. The zero-order valence-corrected chi connectivity index (χ0v) is 14.5. The van der Waals surface area contributed by atoms with E-state index in [1.54, 1.807) is 0 Å². The van der Waals surface area contributed by atoms with Crippen LogP contribution < -0.4 is 10.0 Å². The van der Waals surface area contributed by atoms with E-state index in [1.165, 1.54) is 0 Å². The van der Waals surface area contributed by atoms with Crippen LogP contribution in [0.5, 0.6) is 0 Å². The van der Waals surface area contributed by atoms with E-state index in [4.69, 9.17) is 0 Å². The number of hydrogen-bond acceptors (Lipinski definition) is 3. The molecule has 0 atom stereocenters. The number of halogens is 5. The molecule has 1 aromatic rings. The Morgan fingerprint density at radius 3 is 2.38 bits per heavy atom. The Morgan fingerprint density at radius 1 is 1.25 bits per heavy atom. The minimum atomic E-state index is -4.95. The first kappa shape index (κ1) is 21.1. The van der Waals surface area contributed by atoms with E-state index in [0.29, 0.717) is 12.1 Å². The molecule has 2 N–H and O–H groups in total. The third-order valence-corrected chi connectivity index (χ3v) is 5.45. The first-order valence-corrected chi connectivity index (χ1v) is 8.59. The summed E-state index contributed by atoms with van der Waals surface area (Å²) in [7, 11) is -4.13. The Kier molecular flexibility index (Phi) is 6.65. The van der Waals surface area contributed by atoms with Crippen LogP contribution in [0.1, 0.15) is 25.3 Å². The summed E-state index contributed by atoms with van der Waals surface area (Å²) in [6, 6.07) is 1.67. The van der Waals surface area contributed by atoms with Gasteiger partial charge in [-0.2, -0.15) is 13.2 Å².